The molecule has 0 aliphatic carbocycles. The Kier molecular flexibility index (Phi) is 5.85. The van der Waals surface area contributed by atoms with Gasteiger partial charge in [-0.1, -0.05) is 0 Å². The second-order valence-corrected chi connectivity index (χ2v) is 2.65. The molecule has 1 N–H and O–H groups in total. The molecule has 0 unspecified atom stereocenters. The third-order valence-electron chi connectivity index (χ3n) is 1.47. The van der Waals surface area contributed by atoms with E-state index in [1.807, 2.05) is 6.92 Å². The second-order valence-electron chi connectivity index (χ2n) is 2.65. The van der Waals surface area contributed by atoms with Crippen molar-refractivity contribution in [2.45, 2.75) is 13.8 Å². The van der Waals surface area contributed by atoms with Crippen LogP contribution in [0.5, 0.6) is 11.5 Å². The van der Waals surface area contributed by atoms with Gasteiger partial charge in [-0.2, -0.15) is 0 Å². The zero-order valence-corrected chi connectivity index (χ0v) is 9.27. The lowest BCUT2D eigenvalue weighted by Crippen LogP contribution is -1.94. The van der Waals surface area contributed by atoms with Gasteiger partial charge >= 0.3 is 0 Å². The van der Waals surface area contributed by atoms with Gasteiger partial charge in [0.15, 0.2) is 11.5 Å². The van der Waals surface area contributed by atoms with Gasteiger partial charge in [-0.25, -0.2) is 0 Å². The van der Waals surface area contributed by atoms with E-state index < -0.39 is 5.97 Å². The number of carbonyl (C=O) groups is 1. The number of hydrogen-bond acceptors (Lipinski definition) is 4. The molecule has 0 saturated carbocycles. The quantitative estimate of drug-likeness (QED) is 0.806. The van der Waals surface area contributed by atoms with Crippen LogP contribution in [0.15, 0.2) is 12.3 Å². The maximum Gasteiger partial charge on any atom is 0.300 e. The first-order chi connectivity index (χ1) is 7.02. The SMILES string of the molecule is CC(=O)O.COc1ccnc(C)c1OC. The van der Waals surface area contributed by atoms with Gasteiger partial charge < -0.3 is 14.6 Å². The van der Waals surface area contributed by atoms with Gasteiger partial charge in [-0.05, 0) is 6.92 Å². The lowest BCUT2D eigenvalue weighted by molar-refractivity contribution is -0.134. The van der Waals surface area contributed by atoms with Gasteiger partial charge in [0.25, 0.3) is 5.97 Å². The Morgan fingerprint density at radius 3 is 2.27 bits per heavy atom. The maximum absolute atomic E-state index is 9.00. The highest BCUT2D eigenvalue weighted by atomic mass is 16.5. The lowest BCUT2D eigenvalue weighted by Gasteiger charge is -2.07. The molecule has 0 spiro atoms. The van der Waals surface area contributed by atoms with Crippen LogP contribution >= 0.6 is 0 Å². The molecule has 15 heavy (non-hydrogen) atoms. The van der Waals surface area contributed by atoms with Crippen LogP contribution in [0.1, 0.15) is 12.6 Å². The number of nitrogens with zero attached hydrogens (tertiary/aromatic N) is 1. The molecule has 5 nitrogen and oxygen atoms in total. The molecule has 0 amide bonds. The van der Waals surface area contributed by atoms with E-state index in [4.69, 9.17) is 19.4 Å². The predicted molar refractivity (Wildman–Crippen MR) is 55.4 cm³/mol. The van der Waals surface area contributed by atoms with E-state index in [0.29, 0.717) is 5.75 Å². The van der Waals surface area contributed by atoms with Gasteiger partial charge in [-0.15, -0.1) is 0 Å². The Morgan fingerprint density at radius 2 is 1.93 bits per heavy atom. The molecule has 0 bridgehead atoms. The minimum absolute atomic E-state index is 0.704. The smallest absolute Gasteiger partial charge is 0.300 e. The third kappa shape index (κ3) is 4.85. The monoisotopic (exact) mass is 213 g/mol. The summed E-state index contributed by atoms with van der Waals surface area (Å²) in [5.41, 5.74) is 0.840. The van der Waals surface area contributed by atoms with Crippen molar-refractivity contribution in [3.05, 3.63) is 18.0 Å². The van der Waals surface area contributed by atoms with Crippen LogP contribution in [0.25, 0.3) is 0 Å². The Morgan fingerprint density at radius 1 is 1.40 bits per heavy atom. The maximum atomic E-state index is 9.00. The predicted octanol–water partition coefficient (Wildman–Crippen LogP) is 1.50. The molecule has 0 aromatic carbocycles. The van der Waals surface area contributed by atoms with Crippen LogP contribution in [-0.4, -0.2) is 30.3 Å². The summed E-state index contributed by atoms with van der Waals surface area (Å²) in [5, 5.41) is 7.42. The van der Waals surface area contributed by atoms with Crippen LogP contribution in [0.4, 0.5) is 0 Å². The van der Waals surface area contributed by atoms with Crippen molar-refractivity contribution in [1.29, 1.82) is 0 Å². The highest BCUT2D eigenvalue weighted by molar-refractivity contribution is 5.62. The van der Waals surface area contributed by atoms with Crippen LogP contribution in [0.2, 0.25) is 0 Å². The van der Waals surface area contributed by atoms with Crippen LogP contribution in [0, 0.1) is 6.92 Å². The van der Waals surface area contributed by atoms with Gasteiger partial charge in [0, 0.05) is 19.2 Å². The van der Waals surface area contributed by atoms with Crippen LogP contribution < -0.4 is 9.47 Å². The van der Waals surface area contributed by atoms with E-state index in [1.54, 1.807) is 26.5 Å². The van der Waals surface area contributed by atoms with Crippen molar-refractivity contribution >= 4 is 5.97 Å². The first-order valence-corrected chi connectivity index (χ1v) is 4.26. The molecule has 84 valence electrons. The fourth-order valence-corrected chi connectivity index (χ4v) is 0.938. The van der Waals surface area contributed by atoms with E-state index >= 15 is 0 Å². The first kappa shape index (κ1) is 13.2. The number of carboxylic acid groups (broad SMARTS) is 1. The molecule has 1 heterocycles. The molecular formula is C10H15NO4. The van der Waals surface area contributed by atoms with Crippen LogP contribution in [-0.2, 0) is 4.79 Å². The average Bonchev–Trinajstić information content (AvgIpc) is 2.16. The fraction of sp³-hybridized carbons (Fsp3) is 0.400. The molecular weight excluding hydrogens is 198 g/mol. The summed E-state index contributed by atoms with van der Waals surface area (Å²) in [7, 11) is 3.21. The summed E-state index contributed by atoms with van der Waals surface area (Å²) < 4.78 is 10.1. The molecule has 5 heteroatoms. The van der Waals surface area contributed by atoms with E-state index in [9.17, 15) is 0 Å². The van der Waals surface area contributed by atoms with Crippen molar-refractivity contribution in [3.63, 3.8) is 0 Å². The Balaban J connectivity index is 0.000000423. The molecule has 1 aromatic rings. The molecule has 0 aliphatic heterocycles. The summed E-state index contributed by atoms with van der Waals surface area (Å²) in [6.07, 6.45) is 1.69. The largest absolute Gasteiger partial charge is 0.493 e. The van der Waals surface area contributed by atoms with Gasteiger partial charge in [0.2, 0.25) is 0 Å². The van der Waals surface area contributed by atoms with Crippen molar-refractivity contribution in [2.24, 2.45) is 0 Å². The van der Waals surface area contributed by atoms with E-state index in [1.165, 1.54) is 0 Å². The number of aryl methyl sites for hydroxylation is 1. The number of methoxy groups -OCH3 is 2. The molecule has 0 fully saturated rings. The van der Waals surface area contributed by atoms with Crippen molar-refractivity contribution in [1.82, 2.24) is 4.98 Å². The first-order valence-electron chi connectivity index (χ1n) is 4.26. The van der Waals surface area contributed by atoms with Gasteiger partial charge in [0.05, 0.1) is 19.9 Å². The molecule has 1 aromatic heterocycles. The summed E-state index contributed by atoms with van der Waals surface area (Å²) in [5.74, 6) is 0.593. The minimum Gasteiger partial charge on any atom is -0.493 e. The lowest BCUT2D eigenvalue weighted by atomic mass is 10.3. The summed E-state index contributed by atoms with van der Waals surface area (Å²) in [4.78, 5) is 13.1. The highest BCUT2D eigenvalue weighted by Gasteiger charge is 2.05. The van der Waals surface area contributed by atoms with E-state index in [0.717, 1.165) is 18.4 Å². The molecule has 0 atom stereocenters. The van der Waals surface area contributed by atoms with E-state index in [-0.39, 0.29) is 0 Å². The molecule has 0 aliphatic rings. The third-order valence-corrected chi connectivity index (χ3v) is 1.47. The number of aliphatic carboxylic acids is 1. The number of rotatable bonds is 2. The Bertz CT molecular complexity index is 321. The highest BCUT2D eigenvalue weighted by Crippen LogP contribution is 2.27. The Hall–Kier alpha value is -1.78. The second kappa shape index (κ2) is 6.64. The zero-order valence-electron chi connectivity index (χ0n) is 9.27. The summed E-state index contributed by atoms with van der Waals surface area (Å²) in [6.45, 7) is 2.96. The van der Waals surface area contributed by atoms with E-state index in [2.05, 4.69) is 4.98 Å². The van der Waals surface area contributed by atoms with Crippen molar-refractivity contribution < 1.29 is 19.4 Å². The molecule has 0 saturated heterocycles. The number of aromatic nitrogens is 1. The normalized spacial score (nSPS) is 8.53. The van der Waals surface area contributed by atoms with Crippen LogP contribution in [0.3, 0.4) is 0 Å². The number of carboxylic acids is 1. The minimum atomic E-state index is -0.833. The summed E-state index contributed by atoms with van der Waals surface area (Å²) >= 11 is 0. The molecule has 0 radical (unpaired) electrons. The van der Waals surface area contributed by atoms with Crippen molar-refractivity contribution in [3.8, 4) is 11.5 Å². The number of hydrogen-bond donors (Lipinski definition) is 1. The van der Waals surface area contributed by atoms with Gasteiger partial charge in [0.1, 0.15) is 0 Å². The fourth-order valence-electron chi connectivity index (χ4n) is 0.938. The number of pyridine rings is 1. The molecule has 1 rings (SSSR count). The van der Waals surface area contributed by atoms with Crippen molar-refractivity contribution in [2.75, 3.05) is 14.2 Å². The number of ether oxygens (including phenoxy) is 2. The Labute approximate surface area is 88.7 Å². The average molecular weight is 213 g/mol. The van der Waals surface area contributed by atoms with Gasteiger partial charge in [-0.3, -0.25) is 9.78 Å². The zero-order chi connectivity index (χ0) is 11.8. The topological polar surface area (TPSA) is 68.7 Å². The summed E-state index contributed by atoms with van der Waals surface area (Å²) in [6, 6.07) is 1.77. The standard InChI is InChI=1S/C8H11NO2.C2H4O2/c1-6-8(11-3)7(10-2)4-5-9-6;1-2(3)4/h4-5H,1-3H3;1H3,(H,3,4).